The fraction of sp³-hybridized carbons (Fsp3) is 0.353. The van der Waals surface area contributed by atoms with Gasteiger partial charge in [0.05, 0.1) is 6.10 Å². The van der Waals surface area contributed by atoms with E-state index in [1.807, 2.05) is 54.9 Å². The topological polar surface area (TPSA) is 34.6 Å². The average Bonchev–Trinajstić information content (AvgIpc) is 2.57. The molecule has 3 rings (SSSR count). The van der Waals surface area contributed by atoms with Crippen LogP contribution in [0.15, 0.2) is 54.9 Å². The van der Waals surface area contributed by atoms with Gasteiger partial charge in [-0.2, -0.15) is 0 Å². The minimum atomic E-state index is 0.218. The van der Waals surface area contributed by atoms with Crippen LogP contribution >= 0.6 is 0 Å². The smallest absolute Gasteiger partial charge is 0.189 e. The molecule has 0 amide bonds. The highest BCUT2D eigenvalue weighted by molar-refractivity contribution is 5.45. The van der Waals surface area contributed by atoms with E-state index >= 15 is 0 Å². The summed E-state index contributed by atoms with van der Waals surface area (Å²) in [6.07, 6.45) is 6.10. The van der Waals surface area contributed by atoms with Crippen LogP contribution in [0.2, 0.25) is 0 Å². The second-order valence-corrected chi connectivity index (χ2v) is 5.16. The number of piperidine rings is 1. The lowest BCUT2D eigenvalue weighted by Crippen LogP contribution is -2.40. The Hall–Kier alpha value is -2.07. The summed E-state index contributed by atoms with van der Waals surface area (Å²) in [4.78, 5) is 6.41. The summed E-state index contributed by atoms with van der Waals surface area (Å²) < 4.78 is 11.5. The molecule has 21 heavy (non-hydrogen) atoms. The molecule has 0 spiro atoms. The molecular weight excluding hydrogens is 264 g/mol. The zero-order chi connectivity index (χ0) is 14.3. The van der Waals surface area contributed by atoms with Gasteiger partial charge >= 0.3 is 0 Å². The van der Waals surface area contributed by atoms with Crippen LogP contribution in [0.5, 0.6) is 5.75 Å². The first kappa shape index (κ1) is 13.9. The maximum Gasteiger partial charge on any atom is 0.189 e. The Balaban J connectivity index is 1.48. The van der Waals surface area contributed by atoms with Crippen molar-refractivity contribution in [3.8, 4) is 5.75 Å². The van der Waals surface area contributed by atoms with Crippen molar-refractivity contribution in [1.29, 1.82) is 0 Å². The van der Waals surface area contributed by atoms with E-state index in [4.69, 9.17) is 9.47 Å². The largest absolute Gasteiger partial charge is 0.468 e. The predicted molar refractivity (Wildman–Crippen MR) is 82.5 cm³/mol. The van der Waals surface area contributed by atoms with Gasteiger partial charge in [0.1, 0.15) is 5.75 Å². The molecule has 0 N–H and O–H groups in total. The molecule has 2 heterocycles. The number of aromatic nitrogens is 1. The molecule has 1 unspecified atom stereocenters. The van der Waals surface area contributed by atoms with Crippen molar-refractivity contribution in [3.63, 3.8) is 0 Å². The SMILES string of the molecule is c1ccc(OCOC2CCCN(c3ccncc3)C2)cc1. The van der Waals surface area contributed by atoms with Gasteiger partial charge in [0.25, 0.3) is 0 Å². The first-order chi connectivity index (χ1) is 10.4. The lowest BCUT2D eigenvalue weighted by Gasteiger charge is -2.34. The van der Waals surface area contributed by atoms with Gasteiger partial charge in [-0.25, -0.2) is 0 Å². The van der Waals surface area contributed by atoms with Gasteiger partial charge < -0.3 is 14.4 Å². The van der Waals surface area contributed by atoms with Crippen molar-refractivity contribution >= 4 is 5.69 Å². The van der Waals surface area contributed by atoms with Crippen molar-refractivity contribution in [2.24, 2.45) is 0 Å². The molecule has 0 aliphatic carbocycles. The molecule has 0 saturated carbocycles. The Kier molecular flexibility index (Phi) is 4.69. The van der Waals surface area contributed by atoms with Gasteiger partial charge in [-0.1, -0.05) is 18.2 Å². The number of pyridine rings is 1. The summed E-state index contributed by atoms with van der Waals surface area (Å²) in [6, 6.07) is 13.9. The lowest BCUT2D eigenvalue weighted by molar-refractivity contribution is -0.0402. The minimum Gasteiger partial charge on any atom is -0.468 e. The van der Waals surface area contributed by atoms with Crippen LogP contribution in [0.25, 0.3) is 0 Å². The first-order valence-corrected chi connectivity index (χ1v) is 7.36. The molecule has 0 bridgehead atoms. The van der Waals surface area contributed by atoms with Gasteiger partial charge in [-0.15, -0.1) is 0 Å². The van der Waals surface area contributed by atoms with Crippen molar-refractivity contribution in [2.75, 3.05) is 24.8 Å². The summed E-state index contributed by atoms with van der Waals surface area (Å²) >= 11 is 0. The van der Waals surface area contributed by atoms with Crippen molar-refractivity contribution in [1.82, 2.24) is 4.98 Å². The maximum absolute atomic E-state index is 5.86. The number of ether oxygens (including phenoxy) is 2. The molecule has 0 radical (unpaired) electrons. The lowest BCUT2D eigenvalue weighted by atomic mass is 10.1. The minimum absolute atomic E-state index is 0.218. The zero-order valence-electron chi connectivity index (χ0n) is 12.0. The van der Waals surface area contributed by atoms with E-state index in [2.05, 4.69) is 9.88 Å². The molecule has 4 nitrogen and oxygen atoms in total. The molecule has 1 aliphatic rings. The van der Waals surface area contributed by atoms with Crippen LogP contribution in [0, 0.1) is 0 Å². The second kappa shape index (κ2) is 7.09. The Bertz CT molecular complexity index is 533. The molecule has 1 aliphatic heterocycles. The standard InChI is InChI=1S/C17H20N2O2/c1-2-5-16(6-3-1)20-14-21-17-7-4-12-19(13-17)15-8-10-18-11-9-15/h1-3,5-6,8-11,17H,4,7,12-14H2. The molecule has 1 fully saturated rings. The predicted octanol–water partition coefficient (Wildman–Crippen LogP) is 3.10. The first-order valence-electron chi connectivity index (χ1n) is 7.36. The number of anilines is 1. The normalized spacial score (nSPS) is 18.5. The molecule has 4 heteroatoms. The maximum atomic E-state index is 5.86. The van der Waals surface area contributed by atoms with E-state index in [0.29, 0.717) is 6.79 Å². The van der Waals surface area contributed by atoms with Crippen LogP contribution in [-0.2, 0) is 4.74 Å². The van der Waals surface area contributed by atoms with Crippen LogP contribution < -0.4 is 9.64 Å². The third kappa shape index (κ3) is 3.95. The Labute approximate surface area is 125 Å². The van der Waals surface area contributed by atoms with E-state index in [1.165, 1.54) is 5.69 Å². The molecule has 1 aromatic heterocycles. The molecular formula is C17H20N2O2. The highest BCUT2D eigenvalue weighted by atomic mass is 16.7. The van der Waals surface area contributed by atoms with E-state index < -0.39 is 0 Å². The second-order valence-electron chi connectivity index (χ2n) is 5.16. The third-order valence-corrected chi connectivity index (χ3v) is 3.68. The summed E-state index contributed by atoms with van der Waals surface area (Å²) in [5, 5.41) is 0. The van der Waals surface area contributed by atoms with Gasteiger partial charge in [0.2, 0.25) is 0 Å². The Morgan fingerprint density at radius 1 is 1.10 bits per heavy atom. The van der Waals surface area contributed by atoms with Crippen LogP contribution in [0.4, 0.5) is 5.69 Å². The van der Waals surface area contributed by atoms with Crippen molar-refractivity contribution in [3.05, 3.63) is 54.9 Å². The van der Waals surface area contributed by atoms with Crippen LogP contribution in [0.1, 0.15) is 12.8 Å². The summed E-state index contributed by atoms with van der Waals surface area (Å²) in [5.41, 5.74) is 1.21. The van der Waals surface area contributed by atoms with Gasteiger partial charge in [-0.3, -0.25) is 4.98 Å². The van der Waals surface area contributed by atoms with Crippen molar-refractivity contribution in [2.45, 2.75) is 18.9 Å². The van der Waals surface area contributed by atoms with E-state index in [9.17, 15) is 0 Å². The zero-order valence-corrected chi connectivity index (χ0v) is 12.0. The highest BCUT2D eigenvalue weighted by Gasteiger charge is 2.20. The Morgan fingerprint density at radius 2 is 1.90 bits per heavy atom. The number of nitrogens with zero attached hydrogens (tertiary/aromatic N) is 2. The monoisotopic (exact) mass is 284 g/mol. The van der Waals surface area contributed by atoms with Crippen LogP contribution in [-0.4, -0.2) is 31.0 Å². The Morgan fingerprint density at radius 3 is 2.71 bits per heavy atom. The number of hydrogen-bond acceptors (Lipinski definition) is 4. The number of hydrogen-bond donors (Lipinski definition) is 0. The van der Waals surface area contributed by atoms with Gasteiger partial charge in [0.15, 0.2) is 6.79 Å². The number of rotatable bonds is 5. The van der Waals surface area contributed by atoms with E-state index in [-0.39, 0.29) is 6.10 Å². The molecule has 110 valence electrons. The average molecular weight is 284 g/mol. The third-order valence-electron chi connectivity index (χ3n) is 3.68. The number of benzene rings is 1. The summed E-state index contributed by atoms with van der Waals surface area (Å²) in [7, 11) is 0. The molecule has 2 aromatic rings. The van der Waals surface area contributed by atoms with Crippen LogP contribution in [0.3, 0.4) is 0 Å². The highest BCUT2D eigenvalue weighted by Crippen LogP contribution is 2.20. The number of para-hydroxylation sites is 1. The fourth-order valence-corrected chi connectivity index (χ4v) is 2.58. The summed E-state index contributed by atoms with van der Waals surface area (Å²) in [6.45, 7) is 2.28. The quantitative estimate of drug-likeness (QED) is 0.790. The molecule has 1 atom stereocenters. The molecule has 1 saturated heterocycles. The summed E-state index contributed by atoms with van der Waals surface area (Å²) in [5.74, 6) is 0.847. The van der Waals surface area contributed by atoms with Gasteiger partial charge in [0, 0.05) is 31.2 Å². The molecule has 1 aromatic carbocycles. The van der Waals surface area contributed by atoms with Crippen molar-refractivity contribution < 1.29 is 9.47 Å². The van der Waals surface area contributed by atoms with E-state index in [0.717, 1.165) is 31.7 Å². The van der Waals surface area contributed by atoms with E-state index in [1.54, 1.807) is 0 Å². The van der Waals surface area contributed by atoms with Gasteiger partial charge in [-0.05, 0) is 37.1 Å². The fourth-order valence-electron chi connectivity index (χ4n) is 2.58.